The summed E-state index contributed by atoms with van der Waals surface area (Å²) >= 11 is 0. The molecule has 0 spiro atoms. The van der Waals surface area contributed by atoms with Crippen LogP contribution in [0.3, 0.4) is 0 Å². The summed E-state index contributed by atoms with van der Waals surface area (Å²) in [4.78, 5) is 0. The Balaban J connectivity index is 1.62. The molecule has 5 atom stereocenters. The van der Waals surface area contributed by atoms with E-state index >= 15 is 0 Å². The third-order valence-corrected chi connectivity index (χ3v) is 6.03. The number of rotatable bonds is 5. The van der Waals surface area contributed by atoms with E-state index in [4.69, 9.17) is 9.47 Å². The summed E-state index contributed by atoms with van der Waals surface area (Å²) < 4.78 is 11.2. The van der Waals surface area contributed by atoms with Gasteiger partial charge < -0.3 is 35.2 Å². The lowest BCUT2D eigenvalue weighted by Gasteiger charge is -2.40. The van der Waals surface area contributed by atoms with Crippen molar-refractivity contribution < 1.29 is 29.9 Å². The maximum absolute atomic E-state index is 10.5. The van der Waals surface area contributed by atoms with Crippen LogP contribution in [0, 0.1) is 0 Å². The van der Waals surface area contributed by atoms with Crippen molar-refractivity contribution in [3.8, 4) is 5.75 Å². The zero-order chi connectivity index (χ0) is 21.3. The van der Waals surface area contributed by atoms with Crippen molar-refractivity contribution in [3.05, 3.63) is 58.7 Å². The number of anilines is 1. The Labute approximate surface area is 175 Å². The summed E-state index contributed by atoms with van der Waals surface area (Å²) in [6.07, 6.45) is -3.04. The van der Waals surface area contributed by atoms with Crippen LogP contribution < -0.4 is 10.1 Å². The van der Waals surface area contributed by atoms with Crippen LogP contribution in [-0.2, 0) is 17.6 Å². The quantitative estimate of drug-likeness (QED) is 0.498. The number of methoxy groups -OCH3 is 1. The fraction of sp³-hybridized carbons (Fsp3) is 0.478. The lowest BCUT2D eigenvalue weighted by atomic mass is 9.89. The maximum atomic E-state index is 10.5. The van der Waals surface area contributed by atoms with Gasteiger partial charge in [-0.05, 0) is 53.3 Å². The Morgan fingerprint density at radius 1 is 1.07 bits per heavy atom. The average Bonchev–Trinajstić information content (AvgIpc) is 2.77. The Morgan fingerprint density at radius 2 is 1.90 bits per heavy atom. The molecule has 0 unspecified atom stereocenters. The number of benzene rings is 2. The van der Waals surface area contributed by atoms with Gasteiger partial charge in [0.05, 0.1) is 13.7 Å². The Hall–Kier alpha value is -2.16. The first kappa shape index (κ1) is 21.1. The zero-order valence-corrected chi connectivity index (χ0v) is 17.0. The van der Waals surface area contributed by atoms with Gasteiger partial charge in [0.15, 0.2) is 0 Å². The number of aryl methyl sites for hydroxylation is 1. The monoisotopic (exact) mass is 415 g/mol. The minimum absolute atomic E-state index is 0.452. The number of nitrogens with one attached hydrogen (secondary N) is 1. The molecule has 7 nitrogen and oxygen atoms in total. The van der Waals surface area contributed by atoms with E-state index in [9.17, 15) is 20.4 Å². The van der Waals surface area contributed by atoms with Crippen LogP contribution in [0.1, 0.15) is 34.8 Å². The first-order valence-electron chi connectivity index (χ1n) is 10.3. The van der Waals surface area contributed by atoms with E-state index in [1.165, 1.54) is 11.3 Å². The Morgan fingerprint density at radius 3 is 2.67 bits per heavy atom. The van der Waals surface area contributed by atoms with Gasteiger partial charge in [0, 0.05) is 18.7 Å². The van der Waals surface area contributed by atoms with E-state index in [2.05, 4.69) is 23.5 Å². The lowest BCUT2D eigenvalue weighted by Crippen LogP contribution is -2.55. The molecule has 0 saturated carbocycles. The topological polar surface area (TPSA) is 111 Å². The zero-order valence-electron chi connectivity index (χ0n) is 17.0. The third-order valence-electron chi connectivity index (χ3n) is 6.03. The first-order chi connectivity index (χ1) is 14.5. The van der Waals surface area contributed by atoms with Crippen LogP contribution in [0.4, 0.5) is 5.69 Å². The third kappa shape index (κ3) is 4.04. The van der Waals surface area contributed by atoms with Crippen LogP contribution in [-0.4, -0.2) is 65.1 Å². The predicted octanol–water partition coefficient (Wildman–Crippen LogP) is 1.16. The van der Waals surface area contributed by atoms with Gasteiger partial charge in [-0.2, -0.15) is 0 Å². The van der Waals surface area contributed by atoms with Crippen molar-refractivity contribution in [1.82, 2.24) is 0 Å². The van der Waals surface area contributed by atoms with Gasteiger partial charge in [-0.15, -0.1) is 0 Å². The molecule has 0 bridgehead atoms. The number of aliphatic hydroxyl groups excluding tert-OH is 4. The fourth-order valence-corrected chi connectivity index (χ4v) is 4.33. The van der Waals surface area contributed by atoms with E-state index in [-0.39, 0.29) is 0 Å². The standard InChI is InChI=1S/C23H29NO6/c1-29-18-7-6-15(23-22(28)21(27)20(26)19(12-25)30-23)11-16(18)9-13-4-5-14-3-2-8-24-17(14)10-13/h4-7,10-11,19-28H,2-3,8-9,12H2,1H3/t19-,20+,21-,22+,23-/m0/s1. The van der Waals surface area contributed by atoms with Crippen molar-refractivity contribution in [2.75, 3.05) is 25.6 Å². The average molecular weight is 415 g/mol. The van der Waals surface area contributed by atoms with Crippen LogP contribution >= 0.6 is 0 Å². The summed E-state index contributed by atoms with van der Waals surface area (Å²) in [5, 5.41) is 43.5. The molecule has 162 valence electrons. The predicted molar refractivity (Wildman–Crippen MR) is 112 cm³/mol. The van der Waals surface area contributed by atoms with Crippen molar-refractivity contribution in [2.45, 2.75) is 49.8 Å². The van der Waals surface area contributed by atoms with E-state index < -0.39 is 37.1 Å². The fourth-order valence-electron chi connectivity index (χ4n) is 4.33. The second-order valence-corrected chi connectivity index (χ2v) is 8.02. The molecule has 30 heavy (non-hydrogen) atoms. The van der Waals surface area contributed by atoms with E-state index in [1.807, 2.05) is 12.1 Å². The molecule has 0 amide bonds. The molecular formula is C23H29NO6. The molecule has 0 radical (unpaired) electrons. The molecule has 2 aromatic carbocycles. The second kappa shape index (κ2) is 8.91. The van der Waals surface area contributed by atoms with Crippen molar-refractivity contribution in [2.24, 2.45) is 0 Å². The van der Waals surface area contributed by atoms with Gasteiger partial charge in [0.2, 0.25) is 0 Å². The SMILES string of the molecule is COc1ccc([C@@H]2O[C@@H](CO)[C@@H](O)[C@H](O)[C@H]2O)cc1Cc1ccc2c(c1)NCCC2. The molecule has 2 aromatic rings. The lowest BCUT2D eigenvalue weighted by molar-refractivity contribution is -0.231. The highest BCUT2D eigenvalue weighted by Crippen LogP contribution is 2.35. The summed E-state index contributed by atoms with van der Waals surface area (Å²) in [5.41, 5.74) is 5.20. The molecule has 4 rings (SSSR count). The number of hydrogen-bond donors (Lipinski definition) is 5. The van der Waals surface area contributed by atoms with Gasteiger partial charge in [0.1, 0.15) is 36.3 Å². The smallest absolute Gasteiger partial charge is 0.122 e. The van der Waals surface area contributed by atoms with Gasteiger partial charge in [-0.1, -0.05) is 18.2 Å². The number of aliphatic hydroxyl groups is 4. The highest BCUT2D eigenvalue weighted by atomic mass is 16.5. The summed E-state index contributed by atoms with van der Waals surface area (Å²) in [7, 11) is 1.61. The number of ether oxygens (including phenoxy) is 2. The highest BCUT2D eigenvalue weighted by molar-refractivity contribution is 5.56. The molecule has 2 aliphatic heterocycles. The molecule has 7 heteroatoms. The number of hydrogen-bond acceptors (Lipinski definition) is 7. The van der Waals surface area contributed by atoms with Crippen molar-refractivity contribution in [1.29, 1.82) is 0 Å². The minimum Gasteiger partial charge on any atom is -0.496 e. The van der Waals surface area contributed by atoms with Crippen LogP contribution in [0.15, 0.2) is 36.4 Å². The molecule has 2 aliphatic rings. The first-order valence-corrected chi connectivity index (χ1v) is 10.3. The van der Waals surface area contributed by atoms with E-state index in [1.54, 1.807) is 13.2 Å². The second-order valence-electron chi connectivity index (χ2n) is 8.02. The molecule has 2 heterocycles. The van der Waals surface area contributed by atoms with Crippen LogP contribution in [0.25, 0.3) is 0 Å². The number of fused-ring (bicyclic) bond motifs is 1. The van der Waals surface area contributed by atoms with Crippen molar-refractivity contribution >= 4 is 5.69 Å². The normalized spacial score (nSPS) is 28.5. The Kier molecular flexibility index (Phi) is 6.26. The summed E-state index contributed by atoms with van der Waals surface area (Å²) in [6, 6.07) is 11.9. The van der Waals surface area contributed by atoms with Gasteiger partial charge in [-0.25, -0.2) is 0 Å². The van der Waals surface area contributed by atoms with Gasteiger partial charge >= 0.3 is 0 Å². The molecule has 5 N–H and O–H groups in total. The maximum Gasteiger partial charge on any atom is 0.122 e. The van der Waals surface area contributed by atoms with E-state index in [0.717, 1.165) is 30.5 Å². The molecule has 0 aromatic heterocycles. The molecule has 1 saturated heterocycles. The van der Waals surface area contributed by atoms with E-state index in [0.29, 0.717) is 17.7 Å². The van der Waals surface area contributed by atoms with Gasteiger partial charge in [-0.3, -0.25) is 0 Å². The van der Waals surface area contributed by atoms with Crippen molar-refractivity contribution in [3.63, 3.8) is 0 Å². The minimum atomic E-state index is -1.40. The molecule has 1 fully saturated rings. The Bertz CT molecular complexity index is 886. The highest BCUT2D eigenvalue weighted by Gasteiger charge is 2.44. The van der Waals surface area contributed by atoms with Crippen LogP contribution in [0.2, 0.25) is 0 Å². The largest absolute Gasteiger partial charge is 0.496 e. The molecular weight excluding hydrogens is 386 g/mol. The molecule has 0 aliphatic carbocycles. The van der Waals surface area contributed by atoms with Gasteiger partial charge in [0.25, 0.3) is 0 Å². The summed E-state index contributed by atoms with van der Waals surface area (Å²) in [5.74, 6) is 0.717. The van der Waals surface area contributed by atoms with Crippen LogP contribution in [0.5, 0.6) is 5.75 Å². The summed E-state index contributed by atoms with van der Waals surface area (Å²) in [6.45, 7) is 0.527.